The zero-order valence-electron chi connectivity index (χ0n) is 11.0. The molecule has 92 valence electrons. The van der Waals surface area contributed by atoms with E-state index >= 15 is 0 Å². The zero-order chi connectivity index (χ0) is 12.4. The van der Waals surface area contributed by atoms with Crippen LogP contribution in [0.5, 0.6) is 0 Å². The molecule has 0 spiro atoms. The standard InChI is InChI=1S/C12H19NO.C2H6/c1-4-12(9-11(2)3)10-13-5-7-14-8-6-13;1-2/h4,9H,1-2,5-8,10H2,3H3;1-2H3/b12-9+;. The first kappa shape index (κ1) is 15.1. The predicted molar refractivity (Wildman–Crippen MR) is 71.7 cm³/mol. The van der Waals surface area contributed by atoms with E-state index in [0.717, 1.165) is 38.4 Å². The molecule has 1 saturated heterocycles. The molecule has 0 aliphatic carbocycles. The maximum Gasteiger partial charge on any atom is 0.0594 e. The number of hydrogen-bond donors (Lipinski definition) is 0. The quantitative estimate of drug-likeness (QED) is 0.679. The van der Waals surface area contributed by atoms with Gasteiger partial charge < -0.3 is 4.74 Å². The van der Waals surface area contributed by atoms with Crippen molar-refractivity contribution in [1.29, 1.82) is 0 Å². The Morgan fingerprint density at radius 1 is 1.31 bits per heavy atom. The summed E-state index contributed by atoms with van der Waals surface area (Å²) < 4.78 is 5.29. The van der Waals surface area contributed by atoms with Crippen molar-refractivity contribution in [1.82, 2.24) is 4.90 Å². The van der Waals surface area contributed by atoms with E-state index in [0.29, 0.717) is 0 Å². The molecule has 2 heteroatoms. The summed E-state index contributed by atoms with van der Waals surface area (Å²) in [6, 6.07) is 0. The van der Waals surface area contributed by atoms with Crippen LogP contribution in [-0.4, -0.2) is 37.7 Å². The lowest BCUT2D eigenvalue weighted by atomic mass is 10.1. The molecule has 0 radical (unpaired) electrons. The van der Waals surface area contributed by atoms with E-state index < -0.39 is 0 Å². The summed E-state index contributed by atoms with van der Waals surface area (Å²) in [5, 5.41) is 0. The Morgan fingerprint density at radius 3 is 2.31 bits per heavy atom. The summed E-state index contributed by atoms with van der Waals surface area (Å²) in [6.45, 7) is 18.4. The molecule has 0 unspecified atom stereocenters. The number of hydrogen-bond acceptors (Lipinski definition) is 2. The predicted octanol–water partition coefficient (Wildman–Crippen LogP) is 3.03. The van der Waals surface area contributed by atoms with Crippen LogP contribution in [0.25, 0.3) is 0 Å². The minimum Gasteiger partial charge on any atom is -0.379 e. The molecule has 1 heterocycles. The summed E-state index contributed by atoms with van der Waals surface area (Å²) in [5.41, 5.74) is 2.31. The highest BCUT2D eigenvalue weighted by Crippen LogP contribution is 2.06. The highest BCUT2D eigenvalue weighted by atomic mass is 16.5. The minimum atomic E-state index is 0.845. The Bertz CT molecular complexity index is 237. The normalized spacial score (nSPS) is 17.3. The maximum absolute atomic E-state index is 5.29. The van der Waals surface area contributed by atoms with Gasteiger partial charge in [0.15, 0.2) is 0 Å². The number of ether oxygens (including phenoxy) is 1. The third kappa shape index (κ3) is 6.59. The van der Waals surface area contributed by atoms with Crippen LogP contribution >= 0.6 is 0 Å². The SMILES string of the molecule is C=C/C(=C\C(=C)C)CN1CCOCC1.CC. The molecule has 0 aromatic heterocycles. The summed E-state index contributed by atoms with van der Waals surface area (Å²) in [5.74, 6) is 0. The second-order valence-corrected chi connectivity index (χ2v) is 3.66. The van der Waals surface area contributed by atoms with Gasteiger partial charge in [0.05, 0.1) is 13.2 Å². The largest absolute Gasteiger partial charge is 0.379 e. The van der Waals surface area contributed by atoms with Crippen LogP contribution in [0.2, 0.25) is 0 Å². The van der Waals surface area contributed by atoms with E-state index in [2.05, 4.69) is 24.1 Å². The van der Waals surface area contributed by atoms with Gasteiger partial charge in [-0.2, -0.15) is 0 Å². The van der Waals surface area contributed by atoms with Crippen molar-refractivity contribution in [3.63, 3.8) is 0 Å². The van der Waals surface area contributed by atoms with Crippen LogP contribution in [0.15, 0.2) is 36.5 Å². The van der Waals surface area contributed by atoms with E-state index in [1.165, 1.54) is 5.57 Å². The van der Waals surface area contributed by atoms with E-state index in [-0.39, 0.29) is 0 Å². The Labute approximate surface area is 100 Å². The van der Waals surface area contributed by atoms with Crippen LogP contribution in [0, 0.1) is 0 Å². The lowest BCUT2D eigenvalue weighted by molar-refractivity contribution is 0.0426. The first-order valence-electron chi connectivity index (χ1n) is 6.01. The Kier molecular flexibility index (Phi) is 8.87. The monoisotopic (exact) mass is 223 g/mol. The van der Waals surface area contributed by atoms with Crippen LogP contribution in [0.1, 0.15) is 20.8 Å². The van der Waals surface area contributed by atoms with Gasteiger partial charge in [-0.25, -0.2) is 0 Å². The first-order chi connectivity index (χ1) is 7.72. The van der Waals surface area contributed by atoms with Gasteiger partial charge in [-0.05, 0) is 12.5 Å². The molecule has 1 aliphatic heterocycles. The van der Waals surface area contributed by atoms with Crippen LogP contribution < -0.4 is 0 Å². The lowest BCUT2D eigenvalue weighted by Gasteiger charge is -2.26. The molecule has 0 amide bonds. The van der Waals surface area contributed by atoms with Crippen molar-refractivity contribution < 1.29 is 4.74 Å². The minimum absolute atomic E-state index is 0.845. The Balaban J connectivity index is 0.00000106. The maximum atomic E-state index is 5.29. The third-order valence-electron chi connectivity index (χ3n) is 2.20. The molecule has 16 heavy (non-hydrogen) atoms. The molecule has 1 fully saturated rings. The third-order valence-corrected chi connectivity index (χ3v) is 2.20. The average Bonchev–Trinajstić information content (AvgIpc) is 2.31. The van der Waals surface area contributed by atoms with E-state index in [1.807, 2.05) is 26.8 Å². The lowest BCUT2D eigenvalue weighted by Crippen LogP contribution is -2.37. The summed E-state index contributed by atoms with van der Waals surface area (Å²) in [4.78, 5) is 2.37. The van der Waals surface area contributed by atoms with E-state index in [1.54, 1.807) is 0 Å². The van der Waals surface area contributed by atoms with Gasteiger partial charge in [0, 0.05) is 19.6 Å². The highest BCUT2D eigenvalue weighted by molar-refractivity contribution is 5.27. The van der Waals surface area contributed by atoms with Gasteiger partial charge in [0.25, 0.3) is 0 Å². The first-order valence-corrected chi connectivity index (χ1v) is 6.01. The van der Waals surface area contributed by atoms with Gasteiger partial charge in [0.1, 0.15) is 0 Å². The van der Waals surface area contributed by atoms with Crippen LogP contribution in [0.4, 0.5) is 0 Å². The van der Waals surface area contributed by atoms with E-state index in [9.17, 15) is 0 Å². The summed E-state index contributed by atoms with van der Waals surface area (Å²) in [7, 11) is 0. The van der Waals surface area contributed by atoms with Crippen molar-refractivity contribution in [2.24, 2.45) is 0 Å². The van der Waals surface area contributed by atoms with Gasteiger partial charge >= 0.3 is 0 Å². The molecule has 1 rings (SSSR count). The fraction of sp³-hybridized carbons (Fsp3) is 0.571. The molecule has 0 bridgehead atoms. The van der Waals surface area contributed by atoms with Crippen molar-refractivity contribution >= 4 is 0 Å². The summed E-state index contributed by atoms with van der Waals surface area (Å²) >= 11 is 0. The highest BCUT2D eigenvalue weighted by Gasteiger charge is 2.10. The Hall–Kier alpha value is -0.860. The Morgan fingerprint density at radius 2 is 1.88 bits per heavy atom. The van der Waals surface area contributed by atoms with Crippen LogP contribution in [-0.2, 0) is 4.74 Å². The smallest absolute Gasteiger partial charge is 0.0594 e. The van der Waals surface area contributed by atoms with Crippen LogP contribution in [0.3, 0.4) is 0 Å². The summed E-state index contributed by atoms with van der Waals surface area (Å²) in [6.07, 6.45) is 3.99. The zero-order valence-corrected chi connectivity index (χ0v) is 11.0. The second kappa shape index (κ2) is 9.37. The molecule has 0 atom stereocenters. The molecular weight excluding hydrogens is 198 g/mol. The van der Waals surface area contributed by atoms with Crippen molar-refractivity contribution in [2.45, 2.75) is 20.8 Å². The van der Waals surface area contributed by atoms with Gasteiger partial charge in [-0.1, -0.05) is 44.7 Å². The molecule has 2 nitrogen and oxygen atoms in total. The second-order valence-electron chi connectivity index (χ2n) is 3.66. The number of rotatable bonds is 4. The molecule has 0 aromatic carbocycles. The van der Waals surface area contributed by atoms with Gasteiger partial charge in [-0.3, -0.25) is 4.90 Å². The molecular formula is C14H25NO. The van der Waals surface area contributed by atoms with Crippen molar-refractivity contribution in [2.75, 3.05) is 32.8 Å². The fourth-order valence-corrected chi connectivity index (χ4v) is 1.50. The number of allylic oxidation sites excluding steroid dienone is 2. The molecule has 1 aliphatic rings. The number of nitrogens with zero attached hydrogens (tertiary/aromatic N) is 1. The molecule has 0 N–H and O–H groups in total. The van der Waals surface area contributed by atoms with Gasteiger partial charge in [0.2, 0.25) is 0 Å². The average molecular weight is 223 g/mol. The van der Waals surface area contributed by atoms with Gasteiger partial charge in [-0.15, -0.1) is 0 Å². The van der Waals surface area contributed by atoms with E-state index in [4.69, 9.17) is 4.74 Å². The molecule has 0 saturated carbocycles. The number of morpholine rings is 1. The molecule has 0 aromatic rings. The fourth-order valence-electron chi connectivity index (χ4n) is 1.50. The van der Waals surface area contributed by atoms with Crippen molar-refractivity contribution in [3.05, 3.63) is 36.5 Å². The van der Waals surface area contributed by atoms with Crippen molar-refractivity contribution in [3.8, 4) is 0 Å². The topological polar surface area (TPSA) is 12.5 Å².